The standard InChI is InChI=1S/C24H54N2S.BrH/c1-7-9-11-13-15-17-19-25(3,4)21-23-27-24-22-26(5,6)20-18-16-14-12-10-8-2;/h7-24H2,1-6H3;1H/q+2;/p-1. The molecule has 0 aromatic heterocycles. The van der Waals surface area contributed by atoms with Crippen molar-refractivity contribution in [1.29, 1.82) is 0 Å². The van der Waals surface area contributed by atoms with Gasteiger partial charge in [0.25, 0.3) is 0 Å². The number of hydrogen-bond donors (Lipinski definition) is 0. The maximum Gasteiger partial charge on any atom is 0.0874 e. The van der Waals surface area contributed by atoms with Crippen molar-refractivity contribution >= 4 is 11.8 Å². The smallest absolute Gasteiger partial charge is 0.0874 e. The van der Waals surface area contributed by atoms with Crippen molar-refractivity contribution in [2.45, 2.75) is 90.9 Å². The molecule has 0 bridgehead atoms. The molecule has 0 N–H and O–H groups in total. The summed E-state index contributed by atoms with van der Waals surface area (Å²) < 4.78 is 2.41. The second kappa shape index (κ2) is 19.7. The van der Waals surface area contributed by atoms with Crippen LogP contribution < -0.4 is 17.0 Å². The van der Waals surface area contributed by atoms with Crippen molar-refractivity contribution in [3.05, 3.63) is 0 Å². The molecule has 0 spiro atoms. The van der Waals surface area contributed by atoms with E-state index in [-0.39, 0.29) is 17.0 Å². The van der Waals surface area contributed by atoms with Gasteiger partial charge < -0.3 is 25.9 Å². The zero-order chi connectivity index (χ0) is 20.4. The van der Waals surface area contributed by atoms with E-state index in [4.69, 9.17) is 0 Å². The van der Waals surface area contributed by atoms with Crippen molar-refractivity contribution in [1.82, 2.24) is 0 Å². The molecule has 0 saturated carbocycles. The van der Waals surface area contributed by atoms with Crippen LogP contribution in [0.3, 0.4) is 0 Å². The van der Waals surface area contributed by atoms with E-state index >= 15 is 0 Å². The number of halogens is 1. The van der Waals surface area contributed by atoms with Crippen molar-refractivity contribution in [3.63, 3.8) is 0 Å². The van der Waals surface area contributed by atoms with Gasteiger partial charge in [0.1, 0.15) is 0 Å². The SMILES string of the molecule is CCCCCCCC[N+](C)(C)CCSCC[N+](C)(C)CCCCCCCC.[Br-]. The van der Waals surface area contributed by atoms with E-state index in [0.717, 1.165) is 0 Å². The zero-order valence-electron chi connectivity index (χ0n) is 20.4. The highest BCUT2D eigenvalue weighted by Crippen LogP contribution is 2.12. The van der Waals surface area contributed by atoms with Crippen LogP contribution in [0.5, 0.6) is 0 Å². The molecule has 0 aromatic rings. The van der Waals surface area contributed by atoms with E-state index in [1.54, 1.807) is 0 Å². The van der Waals surface area contributed by atoms with E-state index in [2.05, 4.69) is 53.8 Å². The Balaban J connectivity index is 0. The number of quaternary nitrogens is 2. The third-order valence-electron chi connectivity index (χ3n) is 5.92. The van der Waals surface area contributed by atoms with E-state index < -0.39 is 0 Å². The maximum absolute atomic E-state index is 2.42. The van der Waals surface area contributed by atoms with Gasteiger partial charge in [0.05, 0.1) is 54.4 Å². The first-order valence-corrected chi connectivity index (χ1v) is 13.2. The summed E-state index contributed by atoms with van der Waals surface area (Å²) in [5.41, 5.74) is 0. The van der Waals surface area contributed by atoms with Crippen LogP contribution >= 0.6 is 11.8 Å². The Morgan fingerprint density at radius 3 is 1.14 bits per heavy atom. The summed E-state index contributed by atoms with van der Waals surface area (Å²) in [6, 6.07) is 0. The van der Waals surface area contributed by atoms with Gasteiger partial charge in [-0.15, -0.1) is 0 Å². The first-order chi connectivity index (χ1) is 12.8. The molecule has 0 radical (unpaired) electrons. The van der Waals surface area contributed by atoms with Crippen molar-refractivity contribution < 1.29 is 25.9 Å². The van der Waals surface area contributed by atoms with Crippen molar-refractivity contribution in [3.8, 4) is 0 Å². The molecule has 172 valence electrons. The fourth-order valence-electron chi connectivity index (χ4n) is 3.59. The third kappa shape index (κ3) is 21.5. The predicted octanol–water partition coefficient (Wildman–Crippen LogP) is 3.60. The lowest BCUT2D eigenvalue weighted by Crippen LogP contribution is -3.00. The van der Waals surface area contributed by atoms with Gasteiger partial charge in [-0.1, -0.05) is 65.2 Å². The predicted molar refractivity (Wildman–Crippen MR) is 128 cm³/mol. The zero-order valence-corrected chi connectivity index (χ0v) is 22.8. The normalized spacial score (nSPS) is 12.2. The van der Waals surface area contributed by atoms with Crippen LogP contribution in [0, 0.1) is 0 Å². The molecule has 0 atom stereocenters. The summed E-state index contributed by atoms with van der Waals surface area (Å²) in [6.45, 7) is 9.95. The quantitative estimate of drug-likeness (QED) is 0.189. The Kier molecular flexibility index (Phi) is 21.8. The van der Waals surface area contributed by atoms with Crippen LogP contribution in [-0.4, -0.2) is 74.8 Å². The largest absolute Gasteiger partial charge is 1.00 e. The summed E-state index contributed by atoms with van der Waals surface area (Å²) in [7, 11) is 9.69. The van der Waals surface area contributed by atoms with Crippen LogP contribution in [0.2, 0.25) is 0 Å². The average Bonchev–Trinajstić information content (AvgIpc) is 2.60. The molecular formula is C24H54BrN2S+. The van der Waals surface area contributed by atoms with Gasteiger partial charge in [-0.05, 0) is 25.7 Å². The second-order valence-corrected chi connectivity index (χ2v) is 11.1. The molecule has 0 aliphatic rings. The van der Waals surface area contributed by atoms with Crippen molar-refractivity contribution in [2.75, 3.05) is 65.9 Å². The fraction of sp³-hybridized carbons (Fsp3) is 1.00. The molecule has 0 rings (SSSR count). The fourth-order valence-corrected chi connectivity index (χ4v) is 5.04. The van der Waals surface area contributed by atoms with Crippen LogP contribution in [-0.2, 0) is 0 Å². The van der Waals surface area contributed by atoms with Crippen LogP contribution in [0.1, 0.15) is 90.9 Å². The third-order valence-corrected chi connectivity index (χ3v) is 6.86. The van der Waals surface area contributed by atoms with E-state index in [0.29, 0.717) is 0 Å². The van der Waals surface area contributed by atoms with Crippen LogP contribution in [0.4, 0.5) is 0 Å². The number of nitrogens with zero attached hydrogens (tertiary/aromatic N) is 2. The minimum Gasteiger partial charge on any atom is -1.00 e. The van der Waals surface area contributed by atoms with E-state index in [9.17, 15) is 0 Å². The number of unbranched alkanes of at least 4 members (excludes halogenated alkanes) is 10. The number of thioether (sulfide) groups is 1. The van der Waals surface area contributed by atoms with Gasteiger partial charge in [0.15, 0.2) is 0 Å². The van der Waals surface area contributed by atoms with Gasteiger partial charge in [0, 0.05) is 11.5 Å². The van der Waals surface area contributed by atoms with Crippen LogP contribution in [0.25, 0.3) is 0 Å². The Labute approximate surface area is 194 Å². The Morgan fingerprint density at radius 1 is 0.464 bits per heavy atom. The van der Waals surface area contributed by atoms with Crippen molar-refractivity contribution in [2.24, 2.45) is 0 Å². The first-order valence-electron chi connectivity index (χ1n) is 12.0. The highest BCUT2D eigenvalue weighted by molar-refractivity contribution is 7.99. The summed E-state index contributed by atoms with van der Waals surface area (Å²) in [6.07, 6.45) is 17.0. The molecule has 28 heavy (non-hydrogen) atoms. The van der Waals surface area contributed by atoms with E-state index in [1.165, 1.54) is 124 Å². The molecule has 0 unspecified atom stereocenters. The summed E-state index contributed by atoms with van der Waals surface area (Å²) >= 11 is 2.18. The van der Waals surface area contributed by atoms with Gasteiger partial charge in [-0.25, -0.2) is 0 Å². The summed E-state index contributed by atoms with van der Waals surface area (Å²) in [5, 5.41) is 0. The molecule has 0 aliphatic carbocycles. The first kappa shape index (κ1) is 30.9. The number of rotatable bonds is 20. The van der Waals surface area contributed by atoms with Gasteiger partial charge in [-0.2, -0.15) is 11.8 Å². The van der Waals surface area contributed by atoms with Gasteiger partial charge in [0.2, 0.25) is 0 Å². The minimum absolute atomic E-state index is 0. The topological polar surface area (TPSA) is 0 Å². The van der Waals surface area contributed by atoms with E-state index in [1.807, 2.05) is 0 Å². The summed E-state index contributed by atoms with van der Waals surface area (Å²) in [4.78, 5) is 0. The molecule has 0 heterocycles. The Morgan fingerprint density at radius 2 is 0.786 bits per heavy atom. The Hall–Kier alpha value is 0.750. The minimum atomic E-state index is 0. The number of hydrogen-bond acceptors (Lipinski definition) is 1. The molecule has 2 nitrogen and oxygen atoms in total. The highest BCUT2D eigenvalue weighted by atomic mass is 79.9. The lowest BCUT2D eigenvalue weighted by atomic mass is 10.1. The second-order valence-electron chi connectivity index (χ2n) is 9.91. The van der Waals surface area contributed by atoms with Crippen LogP contribution in [0.15, 0.2) is 0 Å². The molecule has 0 aromatic carbocycles. The lowest BCUT2D eigenvalue weighted by Gasteiger charge is -2.31. The maximum atomic E-state index is 2.42. The molecule has 0 amide bonds. The molecule has 0 saturated heterocycles. The molecule has 4 heteroatoms. The Bertz CT molecular complexity index is 292. The highest BCUT2D eigenvalue weighted by Gasteiger charge is 2.16. The molecular weight excluding hydrogens is 428 g/mol. The summed E-state index contributed by atoms with van der Waals surface area (Å²) in [5.74, 6) is 2.64. The molecule has 0 aliphatic heterocycles. The molecule has 0 fully saturated rings. The monoisotopic (exact) mass is 481 g/mol. The average molecular weight is 483 g/mol. The lowest BCUT2D eigenvalue weighted by molar-refractivity contribution is -0.888. The van der Waals surface area contributed by atoms with Gasteiger partial charge >= 0.3 is 0 Å². The van der Waals surface area contributed by atoms with Gasteiger partial charge in [-0.3, -0.25) is 0 Å².